The number of hydrogen-bond acceptors (Lipinski definition) is 8. The standard InChI is InChI=1S/C24H28F3N7O2S/c1-32(2)13-14-34-22(29-30-31-34)37-21-9-11-33(12-10-21)23(35)36-20-7-3-17(4-8-20)15-19-6-5-18(16-28-19)24(25,26)27/h3-8,16,21H,9-15H2,1-2H3. The van der Waals surface area contributed by atoms with Crippen LogP contribution in [0, 0.1) is 0 Å². The number of thioether (sulfide) groups is 1. The Morgan fingerprint density at radius 3 is 2.49 bits per heavy atom. The molecule has 0 radical (unpaired) electrons. The molecule has 1 fully saturated rings. The molecule has 1 aromatic carbocycles. The van der Waals surface area contributed by atoms with Gasteiger partial charge in [-0.15, -0.1) is 5.10 Å². The molecule has 1 saturated heterocycles. The molecule has 3 aromatic rings. The van der Waals surface area contributed by atoms with E-state index in [1.807, 2.05) is 18.8 Å². The number of benzene rings is 1. The van der Waals surface area contributed by atoms with Gasteiger partial charge in [-0.1, -0.05) is 23.9 Å². The van der Waals surface area contributed by atoms with E-state index in [1.165, 1.54) is 6.07 Å². The molecule has 198 valence electrons. The van der Waals surface area contributed by atoms with Crippen molar-refractivity contribution >= 4 is 17.9 Å². The van der Waals surface area contributed by atoms with Crippen LogP contribution in [0.1, 0.15) is 29.7 Å². The molecule has 0 saturated carbocycles. The third kappa shape index (κ3) is 7.65. The molecule has 1 aliphatic rings. The van der Waals surface area contributed by atoms with Crippen molar-refractivity contribution in [2.75, 3.05) is 33.7 Å². The Bertz CT molecular complexity index is 1160. The lowest BCUT2D eigenvalue weighted by Gasteiger charge is -2.30. The first-order valence-corrected chi connectivity index (χ1v) is 12.7. The van der Waals surface area contributed by atoms with Crippen LogP contribution in [0.4, 0.5) is 18.0 Å². The second-order valence-corrected chi connectivity index (χ2v) is 10.3. The van der Waals surface area contributed by atoms with Crippen LogP contribution in [0.25, 0.3) is 0 Å². The number of carbonyl (C=O) groups is 1. The number of ether oxygens (including phenoxy) is 1. The van der Waals surface area contributed by atoms with Crippen LogP contribution in [0.2, 0.25) is 0 Å². The Morgan fingerprint density at radius 2 is 1.86 bits per heavy atom. The minimum Gasteiger partial charge on any atom is -0.410 e. The predicted octanol–water partition coefficient (Wildman–Crippen LogP) is 3.99. The van der Waals surface area contributed by atoms with Gasteiger partial charge in [0, 0.05) is 43.2 Å². The van der Waals surface area contributed by atoms with Gasteiger partial charge in [-0.25, -0.2) is 9.48 Å². The van der Waals surface area contributed by atoms with E-state index in [-0.39, 0.29) is 0 Å². The van der Waals surface area contributed by atoms with Crippen LogP contribution in [0.3, 0.4) is 0 Å². The predicted molar refractivity (Wildman–Crippen MR) is 131 cm³/mol. The van der Waals surface area contributed by atoms with E-state index in [4.69, 9.17) is 4.74 Å². The first kappa shape index (κ1) is 26.9. The van der Waals surface area contributed by atoms with Gasteiger partial charge in [0.05, 0.1) is 12.1 Å². The van der Waals surface area contributed by atoms with Crippen molar-refractivity contribution in [3.8, 4) is 5.75 Å². The maximum absolute atomic E-state index is 12.7. The molecule has 0 N–H and O–H groups in total. The van der Waals surface area contributed by atoms with Crippen LogP contribution in [0.5, 0.6) is 5.75 Å². The molecule has 0 atom stereocenters. The lowest BCUT2D eigenvalue weighted by Crippen LogP contribution is -2.41. The first-order valence-electron chi connectivity index (χ1n) is 11.8. The molecule has 0 unspecified atom stereocenters. The van der Waals surface area contributed by atoms with E-state index < -0.39 is 17.8 Å². The Kier molecular flexibility index (Phi) is 8.64. The topological polar surface area (TPSA) is 89.3 Å². The van der Waals surface area contributed by atoms with E-state index in [9.17, 15) is 18.0 Å². The van der Waals surface area contributed by atoms with Gasteiger partial charge in [0.2, 0.25) is 5.16 Å². The largest absolute Gasteiger partial charge is 0.417 e. The third-order valence-corrected chi connectivity index (χ3v) is 7.20. The Morgan fingerprint density at radius 1 is 1.14 bits per heavy atom. The molecule has 9 nitrogen and oxygen atoms in total. The van der Waals surface area contributed by atoms with Crippen molar-refractivity contribution in [2.24, 2.45) is 0 Å². The summed E-state index contributed by atoms with van der Waals surface area (Å²) in [6.45, 7) is 2.71. The molecule has 1 aliphatic heterocycles. The van der Waals surface area contributed by atoms with Gasteiger partial charge in [-0.3, -0.25) is 4.98 Å². The number of likely N-dealkylation sites (N-methyl/N-ethyl adjacent to an activating group) is 1. The summed E-state index contributed by atoms with van der Waals surface area (Å²) in [5.74, 6) is 0.408. The number of hydrogen-bond donors (Lipinski definition) is 0. The lowest BCUT2D eigenvalue weighted by atomic mass is 10.1. The van der Waals surface area contributed by atoms with Gasteiger partial charge in [-0.2, -0.15) is 13.2 Å². The average Bonchev–Trinajstić information content (AvgIpc) is 3.31. The van der Waals surface area contributed by atoms with Gasteiger partial charge in [0.1, 0.15) is 5.75 Å². The van der Waals surface area contributed by atoms with Crippen LogP contribution in [-0.4, -0.2) is 80.1 Å². The molecule has 0 aliphatic carbocycles. The SMILES string of the molecule is CN(C)CCn1nnnc1SC1CCN(C(=O)Oc2ccc(Cc3ccc(C(F)(F)F)cn3)cc2)CC1. The van der Waals surface area contributed by atoms with Crippen LogP contribution in [0.15, 0.2) is 47.8 Å². The average molecular weight is 536 g/mol. The van der Waals surface area contributed by atoms with E-state index in [0.717, 1.165) is 42.4 Å². The molecule has 37 heavy (non-hydrogen) atoms. The number of nitrogens with zero attached hydrogens (tertiary/aromatic N) is 7. The quantitative estimate of drug-likeness (QED) is 0.428. The highest BCUT2D eigenvalue weighted by Gasteiger charge is 2.30. The van der Waals surface area contributed by atoms with Gasteiger partial charge < -0.3 is 14.5 Å². The zero-order chi connectivity index (χ0) is 26.4. The summed E-state index contributed by atoms with van der Waals surface area (Å²) in [5.41, 5.74) is 0.587. The molecule has 2 aromatic heterocycles. The Balaban J connectivity index is 1.23. The first-order chi connectivity index (χ1) is 17.7. The fourth-order valence-electron chi connectivity index (χ4n) is 3.77. The second kappa shape index (κ2) is 11.9. The van der Waals surface area contributed by atoms with Crippen LogP contribution >= 0.6 is 11.8 Å². The van der Waals surface area contributed by atoms with Crippen molar-refractivity contribution in [1.82, 2.24) is 35.0 Å². The van der Waals surface area contributed by atoms with Crippen molar-refractivity contribution in [3.63, 3.8) is 0 Å². The second-order valence-electron chi connectivity index (χ2n) is 9.02. The molecule has 13 heteroatoms. The Labute approximate surface area is 217 Å². The highest BCUT2D eigenvalue weighted by molar-refractivity contribution is 7.99. The summed E-state index contributed by atoms with van der Waals surface area (Å²) < 4.78 is 45.4. The molecular formula is C24H28F3N7O2S. The molecule has 1 amide bonds. The van der Waals surface area contributed by atoms with Gasteiger partial charge >= 0.3 is 12.3 Å². The van der Waals surface area contributed by atoms with Crippen molar-refractivity contribution in [1.29, 1.82) is 0 Å². The summed E-state index contributed by atoms with van der Waals surface area (Å²) >= 11 is 1.64. The number of aromatic nitrogens is 5. The van der Waals surface area contributed by atoms with E-state index in [0.29, 0.717) is 42.7 Å². The number of halogens is 3. The van der Waals surface area contributed by atoms with Crippen LogP contribution in [-0.2, 0) is 19.1 Å². The van der Waals surface area contributed by atoms with Crippen molar-refractivity contribution < 1.29 is 22.7 Å². The minimum absolute atomic E-state index is 0.311. The Hall–Kier alpha value is -3.19. The highest BCUT2D eigenvalue weighted by Crippen LogP contribution is 2.30. The fourth-order valence-corrected chi connectivity index (χ4v) is 4.85. The smallest absolute Gasteiger partial charge is 0.410 e. The summed E-state index contributed by atoms with van der Waals surface area (Å²) in [4.78, 5) is 20.3. The minimum atomic E-state index is -4.41. The van der Waals surface area contributed by atoms with Crippen LogP contribution < -0.4 is 4.74 Å². The van der Waals surface area contributed by atoms with Crippen molar-refractivity contribution in [2.45, 2.75) is 42.4 Å². The van der Waals surface area contributed by atoms with E-state index in [1.54, 1.807) is 40.9 Å². The molecule has 0 spiro atoms. The summed E-state index contributed by atoms with van der Waals surface area (Å²) in [7, 11) is 4.00. The lowest BCUT2D eigenvalue weighted by molar-refractivity contribution is -0.137. The number of alkyl halides is 3. The van der Waals surface area contributed by atoms with Crippen molar-refractivity contribution in [3.05, 3.63) is 59.4 Å². The van der Waals surface area contributed by atoms with E-state index in [2.05, 4.69) is 25.4 Å². The molecular weight excluding hydrogens is 507 g/mol. The summed E-state index contributed by atoms with van der Waals surface area (Å²) in [5, 5.41) is 13.1. The number of rotatable bonds is 8. The van der Waals surface area contributed by atoms with Gasteiger partial charge in [-0.05, 0) is 67.2 Å². The maximum atomic E-state index is 12.7. The number of tetrazole rings is 1. The fraction of sp³-hybridized carbons (Fsp3) is 0.458. The number of piperidine rings is 1. The summed E-state index contributed by atoms with van der Waals surface area (Å²) in [6.07, 6.45) is -2.00. The van der Waals surface area contributed by atoms with Gasteiger partial charge in [0.25, 0.3) is 0 Å². The van der Waals surface area contributed by atoms with E-state index >= 15 is 0 Å². The maximum Gasteiger partial charge on any atom is 0.417 e. The molecule has 0 bridgehead atoms. The highest BCUT2D eigenvalue weighted by atomic mass is 32.2. The van der Waals surface area contributed by atoms with Gasteiger partial charge in [0.15, 0.2) is 0 Å². The zero-order valence-electron chi connectivity index (χ0n) is 20.6. The number of amides is 1. The summed E-state index contributed by atoms with van der Waals surface area (Å²) in [6, 6.07) is 9.27. The molecule has 3 heterocycles. The normalized spacial score (nSPS) is 14.8. The number of carbonyl (C=O) groups excluding carboxylic acids is 1. The zero-order valence-corrected chi connectivity index (χ0v) is 21.4. The number of likely N-dealkylation sites (tertiary alicyclic amines) is 1. The number of pyridine rings is 1. The molecule has 4 rings (SSSR count). The monoisotopic (exact) mass is 535 g/mol. The third-order valence-electron chi connectivity index (χ3n) is 5.90.